The van der Waals surface area contributed by atoms with Crippen molar-refractivity contribution in [2.75, 3.05) is 18.6 Å². The smallest absolute Gasteiger partial charge is 0.326 e. The number of aromatic nitrogens is 2. The van der Waals surface area contributed by atoms with E-state index in [0.29, 0.717) is 30.8 Å². The maximum atomic E-state index is 13.0. The van der Waals surface area contributed by atoms with Crippen LogP contribution in [-0.4, -0.2) is 92.7 Å². The van der Waals surface area contributed by atoms with Crippen molar-refractivity contribution in [2.24, 2.45) is 11.5 Å². The predicted molar refractivity (Wildman–Crippen MR) is 131 cm³/mol. The van der Waals surface area contributed by atoms with E-state index >= 15 is 0 Å². The minimum absolute atomic E-state index is 0.0146. The first-order chi connectivity index (χ1) is 16.6. The molecule has 1 aromatic heterocycles. The fraction of sp³-hybridized carbons (Fsp3) is 0.667. The van der Waals surface area contributed by atoms with E-state index < -0.39 is 54.0 Å². The fourth-order valence-electron chi connectivity index (χ4n) is 3.11. The standard InChI is InChI=1S/C21H37N7O6S/c1-12(29)17(23)20(32)27-14(5-3-4-7-22)18(30)26-15(6-8-35-2)19(31)28-16(21(33)34)9-13-10-24-11-25-13/h10-12,14-17,29H,3-9,22-23H2,1-2H3,(H,24,25)(H,26,30)(H,27,32)(H,28,31)(H,33,34). The van der Waals surface area contributed by atoms with Crippen LogP contribution in [0.15, 0.2) is 12.5 Å². The summed E-state index contributed by atoms with van der Waals surface area (Å²) in [6.07, 6.45) is 5.20. The number of hydrogen-bond acceptors (Lipinski definition) is 9. The Kier molecular flexibility index (Phi) is 13.9. The Bertz CT molecular complexity index is 808. The normalized spacial score (nSPS) is 15.3. The van der Waals surface area contributed by atoms with Crippen LogP contribution < -0.4 is 27.4 Å². The molecule has 0 bridgehead atoms. The van der Waals surface area contributed by atoms with Gasteiger partial charge in [-0.1, -0.05) is 0 Å². The van der Waals surface area contributed by atoms with Gasteiger partial charge >= 0.3 is 5.97 Å². The van der Waals surface area contributed by atoms with Crippen LogP contribution in [-0.2, 0) is 25.6 Å². The first kappa shape index (κ1) is 30.4. The van der Waals surface area contributed by atoms with Gasteiger partial charge in [0, 0.05) is 18.3 Å². The van der Waals surface area contributed by atoms with Crippen LogP contribution >= 0.6 is 11.8 Å². The third-order valence-electron chi connectivity index (χ3n) is 5.24. The van der Waals surface area contributed by atoms with Gasteiger partial charge in [-0.2, -0.15) is 11.8 Å². The molecule has 14 heteroatoms. The molecule has 0 saturated carbocycles. The molecule has 10 N–H and O–H groups in total. The zero-order valence-corrected chi connectivity index (χ0v) is 20.8. The van der Waals surface area contributed by atoms with Crippen molar-refractivity contribution in [1.82, 2.24) is 25.9 Å². The highest BCUT2D eigenvalue weighted by Crippen LogP contribution is 2.07. The Hall–Kier alpha value is -2.68. The molecule has 0 aromatic carbocycles. The molecule has 0 fully saturated rings. The van der Waals surface area contributed by atoms with E-state index in [1.807, 2.05) is 6.26 Å². The zero-order valence-electron chi connectivity index (χ0n) is 20.0. The van der Waals surface area contributed by atoms with Crippen LogP contribution in [0.5, 0.6) is 0 Å². The molecule has 0 radical (unpaired) electrons. The number of aliphatic hydroxyl groups is 1. The second-order valence-electron chi connectivity index (χ2n) is 8.14. The number of rotatable bonds is 17. The molecule has 3 amide bonds. The lowest BCUT2D eigenvalue weighted by Gasteiger charge is -2.25. The molecule has 5 atom stereocenters. The van der Waals surface area contributed by atoms with Gasteiger partial charge in [0.05, 0.1) is 12.4 Å². The average molecular weight is 516 g/mol. The van der Waals surface area contributed by atoms with Gasteiger partial charge in [0.15, 0.2) is 0 Å². The minimum atomic E-state index is -1.24. The number of imidazole rings is 1. The number of hydrogen-bond donors (Lipinski definition) is 8. The lowest BCUT2D eigenvalue weighted by Crippen LogP contribution is -2.58. The lowest BCUT2D eigenvalue weighted by molar-refractivity contribution is -0.142. The monoisotopic (exact) mass is 515 g/mol. The van der Waals surface area contributed by atoms with Gasteiger partial charge in [0.25, 0.3) is 0 Å². The summed E-state index contributed by atoms with van der Waals surface area (Å²) in [5.41, 5.74) is 11.7. The van der Waals surface area contributed by atoms with E-state index in [-0.39, 0.29) is 19.3 Å². The molecule has 13 nitrogen and oxygen atoms in total. The van der Waals surface area contributed by atoms with Crippen molar-refractivity contribution in [3.8, 4) is 0 Å². The molecule has 0 spiro atoms. The third-order valence-corrected chi connectivity index (χ3v) is 5.88. The van der Waals surface area contributed by atoms with Crippen LogP contribution in [0.4, 0.5) is 0 Å². The Morgan fingerprint density at radius 2 is 1.66 bits per heavy atom. The van der Waals surface area contributed by atoms with Crippen molar-refractivity contribution >= 4 is 35.5 Å². The molecule has 35 heavy (non-hydrogen) atoms. The Morgan fingerprint density at radius 1 is 1.06 bits per heavy atom. The first-order valence-corrected chi connectivity index (χ1v) is 12.7. The number of nitrogens with two attached hydrogens (primary N) is 2. The second kappa shape index (κ2) is 16.1. The number of amides is 3. The lowest BCUT2D eigenvalue weighted by atomic mass is 10.1. The van der Waals surface area contributed by atoms with E-state index in [1.165, 1.54) is 31.2 Å². The number of carboxylic acid groups (broad SMARTS) is 1. The number of carbonyl (C=O) groups is 4. The first-order valence-electron chi connectivity index (χ1n) is 11.3. The van der Waals surface area contributed by atoms with Gasteiger partial charge in [-0.25, -0.2) is 9.78 Å². The largest absolute Gasteiger partial charge is 0.480 e. The average Bonchev–Trinajstić information content (AvgIpc) is 3.32. The topological polar surface area (TPSA) is 226 Å². The molecule has 1 heterocycles. The maximum Gasteiger partial charge on any atom is 0.326 e. The molecule has 0 aliphatic heterocycles. The Balaban J connectivity index is 2.95. The summed E-state index contributed by atoms with van der Waals surface area (Å²) in [5.74, 6) is -2.69. The second-order valence-corrected chi connectivity index (χ2v) is 9.12. The number of aliphatic carboxylic acids is 1. The van der Waals surface area contributed by atoms with E-state index in [4.69, 9.17) is 11.5 Å². The number of unbranched alkanes of at least 4 members (excludes halogenated alkanes) is 1. The SMILES string of the molecule is CSCCC(NC(=O)C(CCCCN)NC(=O)C(N)C(C)O)C(=O)NC(Cc1cnc[nH]1)C(=O)O. The molecular formula is C21H37N7O6S. The van der Waals surface area contributed by atoms with Crippen molar-refractivity contribution in [2.45, 2.75) is 69.3 Å². The van der Waals surface area contributed by atoms with E-state index in [0.717, 1.165) is 0 Å². The van der Waals surface area contributed by atoms with Crippen molar-refractivity contribution < 1.29 is 29.4 Å². The zero-order chi connectivity index (χ0) is 26.4. The molecule has 5 unspecified atom stereocenters. The van der Waals surface area contributed by atoms with E-state index in [1.54, 1.807) is 0 Å². The van der Waals surface area contributed by atoms with Crippen LogP contribution in [0, 0.1) is 0 Å². The summed E-state index contributed by atoms with van der Waals surface area (Å²) < 4.78 is 0. The number of nitrogens with zero attached hydrogens (tertiary/aromatic N) is 1. The van der Waals surface area contributed by atoms with Crippen molar-refractivity contribution in [1.29, 1.82) is 0 Å². The van der Waals surface area contributed by atoms with E-state index in [9.17, 15) is 29.4 Å². The number of thioether (sulfide) groups is 1. The number of aliphatic hydroxyl groups excluding tert-OH is 1. The quantitative estimate of drug-likeness (QED) is 0.107. The van der Waals surface area contributed by atoms with Crippen molar-refractivity contribution in [3.05, 3.63) is 18.2 Å². The van der Waals surface area contributed by atoms with Crippen LogP contribution in [0.25, 0.3) is 0 Å². The summed E-state index contributed by atoms with van der Waals surface area (Å²) in [4.78, 5) is 56.6. The molecular weight excluding hydrogens is 478 g/mol. The Morgan fingerprint density at radius 3 is 2.17 bits per heavy atom. The molecule has 0 aliphatic carbocycles. The van der Waals surface area contributed by atoms with Gasteiger partial charge in [0.1, 0.15) is 24.2 Å². The van der Waals surface area contributed by atoms with Crippen LogP contribution in [0.2, 0.25) is 0 Å². The number of nitrogens with one attached hydrogen (secondary N) is 4. The molecule has 0 saturated heterocycles. The molecule has 1 aromatic rings. The Labute approximate surface area is 208 Å². The predicted octanol–water partition coefficient (Wildman–Crippen LogP) is -1.92. The molecule has 198 valence electrons. The highest BCUT2D eigenvalue weighted by atomic mass is 32.2. The highest BCUT2D eigenvalue weighted by molar-refractivity contribution is 7.98. The van der Waals surface area contributed by atoms with Gasteiger partial charge in [0.2, 0.25) is 17.7 Å². The number of H-pyrrole nitrogens is 1. The maximum absolute atomic E-state index is 13.0. The van der Waals surface area contributed by atoms with E-state index in [2.05, 4.69) is 25.9 Å². The van der Waals surface area contributed by atoms with Gasteiger partial charge in [-0.3, -0.25) is 14.4 Å². The summed E-state index contributed by atoms with van der Waals surface area (Å²) in [5, 5.41) is 26.7. The van der Waals surface area contributed by atoms with Crippen LogP contribution in [0.1, 0.15) is 38.3 Å². The number of carbonyl (C=O) groups excluding carboxylic acids is 3. The van der Waals surface area contributed by atoms with Crippen molar-refractivity contribution in [3.63, 3.8) is 0 Å². The summed E-state index contributed by atoms with van der Waals surface area (Å²) in [7, 11) is 0. The fourth-order valence-corrected chi connectivity index (χ4v) is 3.59. The van der Waals surface area contributed by atoms with Gasteiger partial charge in [-0.15, -0.1) is 0 Å². The summed E-state index contributed by atoms with van der Waals surface area (Å²) in [6, 6.07) is -4.50. The number of aromatic amines is 1. The molecule has 0 aliphatic rings. The van der Waals surface area contributed by atoms with Gasteiger partial charge < -0.3 is 42.6 Å². The van der Waals surface area contributed by atoms with Gasteiger partial charge in [-0.05, 0) is 51.2 Å². The summed E-state index contributed by atoms with van der Waals surface area (Å²) >= 11 is 1.46. The minimum Gasteiger partial charge on any atom is -0.480 e. The highest BCUT2D eigenvalue weighted by Gasteiger charge is 2.30. The third kappa shape index (κ3) is 11.1. The summed E-state index contributed by atoms with van der Waals surface area (Å²) in [6.45, 7) is 1.76. The molecule has 1 rings (SSSR count). The number of carboxylic acids is 1. The van der Waals surface area contributed by atoms with Crippen LogP contribution in [0.3, 0.4) is 0 Å².